The first-order valence-electron chi connectivity index (χ1n) is 4.94. The van der Waals surface area contributed by atoms with Crippen molar-refractivity contribution in [2.45, 2.75) is 13.3 Å². The third-order valence-electron chi connectivity index (χ3n) is 2.12. The highest BCUT2D eigenvalue weighted by atomic mass is 16.5. The van der Waals surface area contributed by atoms with Gasteiger partial charge in [-0.15, -0.1) is 0 Å². The number of hydrogen-bond acceptors (Lipinski definition) is 4. The third-order valence-corrected chi connectivity index (χ3v) is 2.12. The summed E-state index contributed by atoms with van der Waals surface area (Å²) in [6.45, 7) is 3.01. The zero-order chi connectivity index (χ0) is 11.3. The number of rotatable bonds is 4. The second-order valence-corrected chi connectivity index (χ2v) is 3.32. The number of anilines is 1. The maximum absolute atomic E-state index is 11.3. The fraction of sp³-hybridized carbons (Fsp3) is 0.455. The van der Waals surface area contributed by atoms with Crippen LogP contribution in [0.15, 0.2) is 18.3 Å². The van der Waals surface area contributed by atoms with Crippen molar-refractivity contribution in [3.8, 4) is 0 Å². The number of aromatic nitrogens is 1. The van der Waals surface area contributed by atoms with E-state index in [1.807, 2.05) is 11.9 Å². The number of nitrogens with zero attached hydrogens (tertiary/aromatic N) is 2. The molecule has 0 saturated heterocycles. The zero-order valence-electron chi connectivity index (χ0n) is 9.36. The second kappa shape index (κ2) is 5.34. The van der Waals surface area contributed by atoms with Crippen molar-refractivity contribution in [1.82, 2.24) is 4.98 Å². The Labute approximate surface area is 89.9 Å². The molecule has 0 bridgehead atoms. The van der Waals surface area contributed by atoms with Crippen molar-refractivity contribution < 1.29 is 9.53 Å². The van der Waals surface area contributed by atoms with E-state index in [1.54, 1.807) is 18.3 Å². The van der Waals surface area contributed by atoms with E-state index in [0.29, 0.717) is 5.56 Å². The summed E-state index contributed by atoms with van der Waals surface area (Å²) in [5.74, 6) is 0.461. The molecule has 0 N–H and O–H groups in total. The molecule has 0 fully saturated rings. The summed E-state index contributed by atoms with van der Waals surface area (Å²) < 4.78 is 4.65. The van der Waals surface area contributed by atoms with E-state index in [-0.39, 0.29) is 5.97 Å². The van der Waals surface area contributed by atoms with E-state index in [4.69, 9.17) is 0 Å². The van der Waals surface area contributed by atoms with Crippen molar-refractivity contribution >= 4 is 11.8 Å². The molecule has 0 atom stereocenters. The third kappa shape index (κ3) is 2.94. The maximum atomic E-state index is 11.3. The summed E-state index contributed by atoms with van der Waals surface area (Å²) in [6.07, 6.45) is 2.66. The van der Waals surface area contributed by atoms with E-state index >= 15 is 0 Å². The number of hydrogen-bond donors (Lipinski definition) is 0. The van der Waals surface area contributed by atoms with E-state index in [2.05, 4.69) is 16.6 Å². The Morgan fingerprint density at radius 1 is 1.60 bits per heavy atom. The Kier molecular flexibility index (Phi) is 4.09. The molecule has 82 valence electrons. The summed E-state index contributed by atoms with van der Waals surface area (Å²) in [4.78, 5) is 17.5. The minimum absolute atomic E-state index is 0.330. The lowest BCUT2D eigenvalue weighted by Crippen LogP contribution is -2.19. The Morgan fingerprint density at radius 2 is 2.33 bits per heavy atom. The molecule has 0 radical (unpaired) electrons. The van der Waals surface area contributed by atoms with Gasteiger partial charge in [-0.2, -0.15) is 0 Å². The van der Waals surface area contributed by atoms with E-state index in [9.17, 15) is 4.79 Å². The number of ether oxygens (including phenoxy) is 1. The van der Waals surface area contributed by atoms with E-state index < -0.39 is 0 Å². The summed E-state index contributed by atoms with van der Waals surface area (Å²) in [6, 6.07) is 3.39. The van der Waals surface area contributed by atoms with Crippen molar-refractivity contribution in [2.24, 2.45) is 0 Å². The lowest BCUT2D eigenvalue weighted by Gasteiger charge is -2.17. The Balaban J connectivity index is 2.87. The summed E-state index contributed by atoms with van der Waals surface area (Å²) in [5, 5.41) is 0. The van der Waals surface area contributed by atoms with Crippen molar-refractivity contribution in [1.29, 1.82) is 0 Å². The first-order valence-corrected chi connectivity index (χ1v) is 4.94. The topological polar surface area (TPSA) is 42.4 Å². The first-order chi connectivity index (χ1) is 7.19. The molecule has 0 unspecified atom stereocenters. The molecule has 0 spiro atoms. The number of pyridine rings is 1. The molecular formula is C11H16N2O2. The summed E-state index contributed by atoms with van der Waals surface area (Å²) in [5.41, 5.74) is 0.533. The number of carbonyl (C=O) groups excluding carboxylic acids is 1. The molecule has 0 saturated carbocycles. The molecule has 0 aromatic carbocycles. The molecule has 15 heavy (non-hydrogen) atoms. The van der Waals surface area contributed by atoms with E-state index in [0.717, 1.165) is 18.8 Å². The normalized spacial score (nSPS) is 9.80. The van der Waals surface area contributed by atoms with E-state index in [1.165, 1.54) is 7.11 Å². The first kappa shape index (κ1) is 11.5. The molecule has 1 aromatic rings. The number of methoxy groups -OCH3 is 1. The van der Waals surface area contributed by atoms with Gasteiger partial charge in [0.2, 0.25) is 0 Å². The lowest BCUT2D eigenvalue weighted by molar-refractivity contribution is 0.0600. The monoisotopic (exact) mass is 208 g/mol. The lowest BCUT2D eigenvalue weighted by atomic mass is 10.2. The SMILES string of the molecule is CCCN(C)c1cc(C(=O)OC)ccn1. The minimum Gasteiger partial charge on any atom is -0.465 e. The van der Waals surface area contributed by atoms with Crippen LogP contribution in [0.2, 0.25) is 0 Å². The Bertz CT molecular complexity index is 339. The van der Waals surface area contributed by atoms with Crippen LogP contribution in [0.5, 0.6) is 0 Å². The zero-order valence-corrected chi connectivity index (χ0v) is 9.36. The van der Waals surface area contributed by atoms with Crippen molar-refractivity contribution in [3.63, 3.8) is 0 Å². The fourth-order valence-electron chi connectivity index (χ4n) is 1.32. The molecule has 0 amide bonds. The molecule has 0 aliphatic heterocycles. The molecule has 1 heterocycles. The average Bonchev–Trinajstić information content (AvgIpc) is 2.28. The quantitative estimate of drug-likeness (QED) is 0.706. The Morgan fingerprint density at radius 3 is 2.93 bits per heavy atom. The number of carbonyl (C=O) groups is 1. The molecule has 4 heteroatoms. The predicted molar refractivity (Wildman–Crippen MR) is 59.1 cm³/mol. The van der Waals surface area contributed by atoms with Gasteiger partial charge in [-0.05, 0) is 18.6 Å². The van der Waals surface area contributed by atoms with Crippen LogP contribution < -0.4 is 4.90 Å². The highest BCUT2D eigenvalue weighted by Gasteiger charge is 2.08. The van der Waals surface area contributed by atoms with Gasteiger partial charge >= 0.3 is 5.97 Å². The average molecular weight is 208 g/mol. The van der Waals surface area contributed by atoms with Crippen LogP contribution in [0.25, 0.3) is 0 Å². The van der Waals surface area contributed by atoms with Crippen molar-refractivity contribution in [3.05, 3.63) is 23.9 Å². The molecule has 0 aliphatic carbocycles. The van der Waals surface area contributed by atoms with Crippen LogP contribution in [0.4, 0.5) is 5.82 Å². The predicted octanol–water partition coefficient (Wildman–Crippen LogP) is 1.71. The van der Waals surface area contributed by atoms with Crippen LogP contribution in [0.3, 0.4) is 0 Å². The highest BCUT2D eigenvalue weighted by molar-refractivity contribution is 5.90. The van der Waals surface area contributed by atoms with Gasteiger partial charge in [0.15, 0.2) is 0 Å². The fourth-order valence-corrected chi connectivity index (χ4v) is 1.32. The summed E-state index contributed by atoms with van der Waals surface area (Å²) in [7, 11) is 3.32. The molecule has 4 nitrogen and oxygen atoms in total. The van der Waals surface area contributed by atoms with Gasteiger partial charge in [0, 0.05) is 19.8 Å². The van der Waals surface area contributed by atoms with Crippen molar-refractivity contribution in [2.75, 3.05) is 25.6 Å². The minimum atomic E-state index is -0.330. The van der Waals surface area contributed by atoms with Gasteiger partial charge in [0.05, 0.1) is 12.7 Å². The van der Waals surface area contributed by atoms with Gasteiger partial charge in [-0.1, -0.05) is 6.92 Å². The highest BCUT2D eigenvalue weighted by Crippen LogP contribution is 2.11. The number of esters is 1. The van der Waals surface area contributed by atoms with Gasteiger partial charge in [0.1, 0.15) is 5.82 Å². The van der Waals surface area contributed by atoms with Crippen LogP contribution in [0, 0.1) is 0 Å². The van der Waals surface area contributed by atoms with Gasteiger partial charge < -0.3 is 9.64 Å². The van der Waals surface area contributed by atoms with Crippen LogP contribution >= 0.6 is 0 Å². The largest absolute Gasteiger partial charge is 0.465 e. The maximum Gasteiger partial charge on any atom is 0.338 e. The van der Waals surface area contributed by atoms with Gasteiger partial charge in [0.25, 0.3) is 0 Å². The van der Waals surface area contributed by atoms with Crippen LogP contribution in [-0.4, -0.2) is 31.7 Å². The smallest absolute Gasteiger partial charge is 0.338 e. The molecule has 0 aliphatic rings. The Hall–Kier alpha value is -1.58. The molecular weight excluding hydrogens is 192 g/mol. The summed E-state index contributed by atoms with van der Waals surface area (Å²) >= 11 is 0. The standard InChI is InChI=1S/C11H16N2O2/c1-4-7-13(2)10-8-9(5-6-12-10)11(14)15-3/h5-6,8H,4,7H2,1-3H3. The van der Waals surface area contributed by atoms with Gasteiger partial charge in [-0.3, -0.25) is 0 Å². The molecule has 1 aromatic heterocycles. The van der Waals surface area contributed by atoms with Crippen LogP contribution in [0.1, 0.15) is 23.7 Å². The van der Waals surface area contributed by atoms with Gasteiger partial charge in [-0.25, -0.2) is 9.78 Å². The molecule has 1 rings (SSSR count). The van der Waals surface area contributed by atoms with Crippen LogP contribution in [-0.2, 0) is 4.74 Å². The second-order valence-electron chi connectivity index (χ2n) is 3.32.